The van der Waals surface area contributed by atoms with Crippen molar-refractivity contribution in [3.63, 3.8) is 0 Å². The van der Waals surface area contributed by atoms with Gasteiger partial charge in [-0.3, -0.25) is 57.5 Å². The first-order chi connectivity index (χ1) is 46.0. The molecule has 0 aliphatic carbocycles. The molecule has 0 bridgehead atoms. The van der Waals surface area contributed by atoms with Crippen molar-refractivity contribution in [3.05, 3.63) is 102 Å². The van der Waals surface area contributed by atoms with Crippen molar-refractivity contribution in [2.75, 3.05) is 24.6 Å². The molecule has 33 heteroatoms. The van der Waals surface area contributed by atoms with Gasteiger partial charge in [0.05, 0.1) is 18.6 Å². The third kappa shape index (κ3) is 24.1. The zero-order chi connectivity index (χ0) is 71.6. The number of para-hydroxylation sites is 1. The molecule has 0 radical (unpaired) electrons. The van der Waals surface area contributed by atoms with Crippen molar-refractivity contribution in [2.45, 2.75) is 164 Å². The van der Waals surface area contributed by atoms with Gasteiger partial charge in [-0.25, -0.2) is 4.79 Å². The summed E-state index contributed by atoms with van der Waals surface area (Å²) in [6.07, 6.45) is -1.67. The molecular weight excluding hydrogens is 1300 g/mol. The van der Waals surface area contributed by atoms with Crippen molar-refractivity contribution < 1.29 is 87.9 Å². The van der Waals surface area contributed by atoms with Gasteiger partial charge in [-0.1, -0.05) is 74.5 Å². The molecule has 19 N–H and O–H groups in total. The predicted octanol–water partition coefficient (Wildman–Crippen LogP) is -1.97. The minimum Gasteiger partial charge on any atom is -0.508 e. The number of amides is 10. The predicted molar refractivity (Wildman–Crippen MR) is 358 cm³/mol. The van der Waals surface area contributed by atoms with E-state index in [9.17, 15) is 78.0 Å². The van der Waals surface area contributed by atoms with Crippen LogP contribution in [0.15, 0.2) is 85.1 Å². The van der Waals surface area contributed by atoms with E-state index in [-0.39, 0.29) is 76.0 Å². The van der Waals surface area contributed by atoms with Gasteiger partial charge in [-0.15, -0.1) is 0 Å². The van der Waals surface area contributed by atoms with E-state index in [0.717, 1.165) is 4.90 Å². The van der Waals surface area contributed by atoms with Crippen molar-refractivity contribution >= 4 is 113 Å². The average molecular weight is 1390 g/mol. The number of aromatic hydroxyl groups is 1. The molecule has 1 aromatic heterocycles. The number of phenols is 1. The molecule has 12 atom stereocenters. The minimum atomic E-state index is -1.90. The van der Waals surface area contributed by atoms with E-state index in [0.29, 0.717) is 34.0 Å². The standard InChI is InChI=1S/C64H87N13O18S2/c1-33(2)52(64(94)95)75-61(91)48(32-97)74-57(87)44(27-36-18-20-38(79)21-19-36)69-55(85)42(16-9-10-24-65)68-58(88)45(28-37-30-67-41-15-8-7-14-39(37)41)71-56(86)43(26-35-12-5-4-6-13-35)70-60(90)47(31-96)73-59(89)46(29-51(82)83)72-62(92)49-17-11-25-77(49)63(93)53(34(3)78)76-54(84)40(66)22-23-50(80)81/h4-8,12-15,18-21,30,33-34,40,42-49,52-53,67,78-79,96-97H,9-11,16-17,22-29,31-32,65-66H2,1-3H3,(H,68,88)(H,69,85)(H,70,90)(H,71,86)(H,72,92)(H,73,89)(H,74,87)(H,75,91)(H,76,84)(H,80,81)(H,82,83)(H,94,95)/t34-,40+,42+,43+,44+,45+,46+,47+,48+,49+,52+,53+/m1/s1. The number of phenolic OH excluding ortho intramolecular Hbond substituents is 1. The molecule has 0 saturated carbocycles. The van der Waals surface area contributed by atoms with Gasteiger partial charge in [0.2, 0.25) is 59.1 Å². The van der Waals surface area contributed by atoms with Crippen LogP contribution in [0.2, 0.25) is 0 Å². The number of unbranched alkanes of at least 4 members (excludes halogenated alkanes) is 1. The number of carbonyl (C=O) groups excluding carboxylic acids is 10. The van der Waals surface area contributed by atoms with Gasteiger partial charge in [0, 0.05) is 60.8 Å². The summed E-state index contributed by atoms with van der Waals surface area (Å²) in [7, 11) is 0. The Morgan fingerprint density at radius 3 is 1.60 bits per heavy atom. The number of nitrogens with one attached hydrogen (secondary N) is 10. The molecule has 0 spiro atoms. The Morgan fingerprint density at radius 2 is 1.06 bits per heavy atom. The van der Waals surface area contributed by atoms with Gasteiger partial charge in [0.15, 0.2) is 0 Å². The summed E-state index contributed by atoms with van der Waals surface area (Å²) in [6, 6.07) is 4.35. The molecule has 528 valence electrons. The maximum absolute atomic E-state index is 15.0. The number of aliphatic carboxylic acids is 3. The number of carboxylic acids is 3. The Bertz CT molecular complexity index is 3420. The molecular formula is C64H87N13O18S2. The number of carbonyl (C=O) groups is 13. The smallest absolute Gasteiger partial charge is 0.326 e. The molecule has 1 aliphatic heterocycles. The van der Waals surface area contributed by atoms with E-state index in [1.54, 1.807) is 74.6 Å². The summed E-state index contributed by atoms with van der Waals surface area (Å²) >= 11 is 8.52. The van der Waals surface area contributed by atoms with E-state index >= 15 is 4.79 Å². The number of H-pyrrole nitrogens is 1. The Balaban J connectivity index is 1.42. The quantitative estimate of drug-likeness (QED) is 0.0170. The summed E-state index contributed by atoms with van der Waals surface area (Å²) in [4.78, 5) is 181. The molecule has 5 rings (SSSR count). The number of hydrogen-bond donors (Lipinski definition) is 19. The van der Waals surface area contributed by atoms with Gasteiger partial charge in [-0.05, 0) is 92.8 Å². The summed E-state index contributed by atoms with van der Waals surface area (Å²) in [5.41, 5.74) is 13.8. The Hall–Kier alpha value is -9.31. The summed E-state index contributed by atoms with van der Waals surface area (Å²) < 4.78 is 0. The second-order valence-electron chi connectivity index (χ2n) is 23.8. The Kier molecular flexibility index (Phi) is 31.1. The molecule has 4 aromatic rings. The lowest BCUT2D eigenvalue weighted by molar-refractivity contribution is -0.145. The number of hydrogen-bond acceptors (Lipinski definition) is 19. The number of aliphatic hydroxyl groups is 1. The largest absolute Gasteiger partial charge is 0.508 e. The number of carboxylic acid groups (broad SMARTS) is 3. The molecule has 1 fully saturated rings. The molecule has 1 aliphatic rings. The third-order valence-corrected chi connectivity index (χ3v) is 16.7. The fourth-order valence-corrected chi connectivity index (χ4v) is 11.1. The van der Waals surface area contributed by atoms with Crippen LogP contribution in [-0.2, 0) is 81.6 Å². The lowest BCUT2D eigenvalue weighted by atomic mass is 10.0. The second kappa shape index (κ2) is 38.4. The molecule has 97 heavy (non-hydrogen) atoms. The maximum atomic E-state index is 15.0. The van der Waals surface area contributed by atoms with Crippen LogP contribution < -0.4 is 59.3 Å². The number of aliphatic hydroxyl groups excluding tert-OH is 1. The van der Waals surface area contributed by atoms with E-state index in [4.69, 9.17) is 16.6 Å². The Morgan fingerprint density at radius 1 is 0.567 bits per heavy atom. The SMILES string of the molecule is CC(C)[C@H](NC(=O)[C@H](CS)NC(=O)[C@H](Cc1ccc(O)cc1)NC(=O)[C@H](CCCCN)NC(=O)[C@H](Cc1c[nH]c2ccccc12)NC(=O)[C@H](Cc1ccccc1)NC(=O)[C@H](CS)NC(=O)[C@H](CC(=O)O)NC(=O)[C@@H]1CCCN1C(=O)[C@@H](NC(=O)[C@@H](N)CCC(=O)O)[C@@H](C)O)C(=O)O. The van der Waals surface area contributed by atoms with Crippen LogP contribution in [0.1, 0.15) is 88.8 Å². The van der Waals surface area contributed by atoms with Gasteiger partial charge in [0.25, 0.3) is 0 Å². The highest BCUT2D eigenvalue weighted by molar-refractivity contribution is 7.80. The monoisotopic (exact) mass is 1390 g/mol. The molecule has 3 aromatic carbocycles. The first-order valence-corrected chi connectivity index (χ1v) is 32.7. The molecule has 2 heterocycles. The summed E-state index contributed by atoms with van der Waals surface area (Å²) in [5.74, 6) is -15.2. The topological polar surface area (TPSA) is 502 Å². The number of nitrogens with two attached hydrogens (primary N) is 2. The zero-order valence-electron chi connectivity index (χ0n) is 53.7. The van der Waals surface area contributed by atoms with Crippen LogP contribution in [-0.4, -0.2) is 210 Å². The highest BCUT2D eigenvalue weighted by atomic mass is 32.1. The highest BCUT2D eigenvalue weighted by Gasteiger charge is 2.42. The van der Waals surface area contributed by atoms with E-state index in [2.05, 4.69) is 78.1 Å². The van der Waals surface area contributed by atoms with Crippen LogP contribution in [0.4, 0.5) is 0 Å². The van der Waals surface area contributed by atoms with Gasteiger partial charge in [-0.2, -0.15) is 25.3 Å². The zero-order valence-corrected chi connectivity index (χ0v) is 55.5. The first kappa shape index (κ1) is 78.4. The highest BCUT2D eigenvalue weighted by Crippen LogP contribution is 2.22. The lowest BCUT2D eigenvalue weighted by Gasteiger charge is -2.31. The van der Waals surface area contributed by atoms with E-state index in [1.165, 1.54) is 31.2 Å². The number of aromatic nitrogens is 1. The maximum Gasteiger partial charge on any atom is 0.326 e. The third-order valence-electron chi connectivity index (χ3n) is 16.0. The molecule has 31 nitrogen and oxygen atoms in total. The number of benzene rings is 3. The number of fused-ring (bicyclic) bond motifs is 1. The molecule has 1 saturated heterocycles. The molecule has 10 amide bonds. The number of thiol groups is 2. The number of rotatable bonds is 39. The number of aromatic amines is 1. The van der Waals surface area contributed by atoms with Crippen LogP contribution in [0.3, 0.4) is 0 Å². The number of nitrogens with zero attached hydrogens (tertiary/aromatic N) is 1. The average Bonchev–Trinajstić information content (AvgIpc) is 1.78. The van der Waals surface area contributed by atoms with Gasteiger partial charge >= 0.3 is 17.9 Å². The Labute approximate surface area is 569 Å². The van der Waals surface area contributed by atoms with Crippen molar-refractivity contribution in [1.29, 1.82) is 0 Å². The summed E-state index contributed by atoms with van der Waals surface area (Å²) in [6.45, 7) is 4.44. The molecule has 0 unspecified atom stereocenters. The van der Waals surface area contributed by atoms with Gasteiger partial charge in [0.1, 0.15) is 66.2 Å². The van der Waals surface area contributed by atoms with Crippen LogP contribution >= 0.6 is 25.3 Å². The van der Waals surface area contributed by atoms with Gasteiger partial charge < -0.3 is 94.7 Å². The minimum absolute atomic E-state index is 0.0104. The van der Waals surface area contributed by atoms with E-state index < -0.39 is 174 Å². The fourth-order valence-electron chi connectivity index (χ4n) is 10.6. The van der Waals surface area contributed by atoms with Crippen molar-refractivity contribution in [3.8, 4) is 5.75 Å². The van der Waals surface area contributed by atoms with Crippen LogP contribution in [0.25, 0.3) is 10.9 Å². The number of likely N-dealkylation sites (tertiary alicyclic amines) is 1. The van der Waals surface area contributed by atoms with Crippen molar-refractivity contribution in [1.82, 2.24) is 57.7 Å². The second-order valence-corrected chi connectivity index (χ2v) is 24.6. The van der Waals surface area contributed by atoms with Crippen LogP contribution in [0.5, 0.6) is 5.75 Å². The summed E-state index contributed by atoms with van der Waals surface area (Å²) in [5, 5.41) is 72.7. The van der Waals surface area contributed by atoms with Crippen LogP contribution in [0, 0.1) is 5.92 Å². The van der Waals surface area contributed by atoms with E-state index in [1.807, 2.05) is 0 Å². The lowest BCUT2D eigenvalue weighted by Crippen LogP contribution is -2.62. The first-order valence-electron chi connectivity index (χ1n) is 31.5. The fraction of sp³-hybridized carbons (Fsp3) is 0.484. The van der Waals surface area contributed by atoms with Crippen molar-refractivity contribution in [2.24, 2.45) is 17.4 Å². The normalized spacial score (nSPS) is 16.2.